The van der Waals surface area contributed by atoms with E-state index in [1.165, 1.54) is 23.6 Å². The molecule has 1 fully saturated rings. The molecule has 18 heavy (non-hydrogen) atoms. The van der Waals surface area contributed by atoms with Crippen LogP contribution in [0.5, 0.6) is 0 Å². The molecule has 1 aliphatic heterocycles. The smallest absolute Gasteiger partial charge is 0.327 e. The van der Waals surface area contributed by atoms with Crippen LogP contribution < -0.4 is 0 Å². The van der Waals surface area contributed by atoms with Gasteiger partial charge in [-0.15, -0.1) is 11.8 Å². The Bertz CT molecular complexity index is 477. The van der Waals surface area contributed by atoms with Crippen molar-refractivity contribution >= 4 is 35.2 Å². The quantitative estimate of drug-likeness (QED) is 0.906. The van der Waals surface area contributed by atoms with E-state index in [9.17, 15) is 9.59 Å². The lowest BCUT2D eigenvalue weighted by Gasteiger charge is -2.26. The molecule has 1 N–H and O–H groups in total. The van der Waals surface area contributed by atoms with E-state index in [0.29, 0.717) is 10.8 Å². The predicted molar refractivity (Wildman–Crippen MR) is 70.6 cm³/mol. The second-order valence-electron chi connectivity index (χ2n) is 4.02. The average Bonchev–Trinajstić information content (AvgIpc) is 2.74. The summed E-state index contributed by atoms with van der Waals surface area (Å²) in [5.74, 6) is -0.788. The molecule has 1 heterocycles. The Morgan fingerprint density at radius 3 is 2.50 bits per heavy atom. The summed E-state index contributed by atoms with van der Waals surface area (Å²) in [6, 6.07) is 6.36. The molecule has 0 aromatic heterocycles. The third-order valence-electron chi connectivity index (χ3n) is 2.80. The molecule has 0 radical (unpaired) electrons. The fourth-order valence-electron chi connectivity index (χ4n) is 1.97. The molecule has 1 aromatic rings. The lowest BCUT2D eigenvalue weighted by molar-refractivity contribution is -0.148. The Labute approximate surface area is 114 Å². The second-order valence-corrected chi connectivity index (χ2v) is 5.57. The number of carboxylic acids is 1. The first-order chi connectivity index (χ1) is 8.50. The number of rotatable bonds is 2. The lowest BCUT2D eigenvalue weighted by atomic mass is 10.2. The highest BCUT2D eigenvalue weighted by Gasteiger charge is 2.40. The molecule has 0 aliphatic carbocycles. The molecule has 1 aliphatic rings. The zero-order valence-corrected chi connectivity index (χ0v) is 11.2. The third-order valence-corrected chi connectivity index (χ3v) is 4.38. The summed E-state index contributed by atoms with van der Waals surface area (Å²) in [5.41, 5.74) is 0.892. The summed E-state index contributed by atoms with van der Waals surface area (Å²) in [4.78, 5) is 24.2. The molecule has 0 unspecified atom stereocenters. The summed E-state index contributed by atoms with van der Waals surface area (Å²) < 4.78 is 0. The number of thioether (sulfide) groups is 1. The van der Waals surface area contributed by atoms with Crippen LogP contribution in [0.15, 0.2) is 24.3 Å². The Hall–Kier alpha value is -1.20. The van der Waals surface area contributed by atoms with Gasteiger partial charge in [-0.3, -0.25) is 4.79 Å². The molecule has 6 heteroatoms. The van der Waals surface area contributed by atoms with Crippen molar-refractivity contribution in [3.63, 3.8) is 0 Å². The van der Waals surface area contributed by atoms with Crippen molar-refractivity contribution in [2.75, 3.05) is 5.75 Å². The third kappa shape index (κ3) is 2.47. The average molecular weight is 286 g/mol. The van der Waals surface area contributed by atoms with Crippen LogP contribution >= 0.6 is 23.4 Å². The van der Waals surface area contributed by atoms with E-state index in [-0.39, 0.29) is 11.3 Å². The van der Waals surface area contributed by atoms with Gasteiger partial charge in [0.15, 0.2) is 0 Å². The van der Waals surface area contributed by atoms with E-state index >= 15 is 0 Å². The zero-order valence-electron chi connectivity index (χ0n) is 9.67. The molecule has 1 saturated heterocycles. The number of hydrogen-bond donors (Lipinski definition) is 1. The molecular weight excluding hydrogens is 274 g/mol. The number of nitrogens with zero attached hydrogens (tertiary/aromatic N) is 1. The van der Waals surface area contributed by atoms with E-state index in [1.54, 1.807) is 12.1 Å². The summed E-state index contributed by atoms with van der Waals surface area (Å²) in [6.07, 6.45) is 0. The number of aliphatic carboxylic acids is 1. The molecule has 1 amide bonds. The van der Waals surface area contributed by atoms with Crippen molar-refractivity contribution in [3.05, 3.63) is 34.9 Å². The van der Waals surface area contributed by atoms with E-state index in [1.807, 2.05) is 12.1 Å². The Balaban J connectivity index is 2.30. The van der Waals surface area contributed by atoms with Crippen LogP contribution in [0.3, 0.4) is 0 Å². The summed E-state index contributed by atoms with van der Waals surface area (Å²) in [7, 11) is 0. The molecule has 0 spiro atoms. The second kappa shape index (κ2) is 5.20. The lowest BCUT2D eigenvalue weighted by Crippen LogP contribution is -2.41. The van der Waals surface area contributed by atoms with Crippen molar-refractivity contribution in [2.24, 2.45) is 0 Å². The van der Waals surface area contributed by atoms with Crippen LogP contribution in [-0.2, 0) is 9.59 Å². The number of amides is 1. The van der Waals surface area contributed by atoms with Crippen LogP contribution in [0.2, 0.25) is 5.02 Å². The first-order valence-corrected chi connectivity index (χ1v) is 6.82. The normalized spacial score (nSPS) is 23.1. The minimum absolute atomic E-state index is 0.229. The van der Waals surface area contributed by atoms with Crippen molar-refractivity contribution in [3.8, 4) is 0 Å². The van der Waals surface area contributed by atoms with Crippen molar-refractivity contribution in [1.82, 2.24) is 4.90 Å². The molecule has 2 rings (SSSR count). The van der Waals surface area contributed by atoms with E-state index < -0.39 is 12.0 Å². The van der Waals surface area contributed by atoms with Crippen molar-refractivity contribution in [2.45, 2.75) is 18.3 Å². The van der Waals surface area contributed by atoms with E-state index in [0.717, 1.165) is 5.56 Å². The van der Waals surface area contributed by atoms with Crippen molar-refractivity contribution < 1.29 is 14.7 Å². The molecule has 96 valence electrons. The highest BCUT2D eigenvalue weighted by molar-refractivity contribution is 7.99. The molecular formula is C12H12ClNO3S. The fraction of sp³-hybridized carbons (Fsp3) is 0.333. The van der Waals surface area contributed by atoms with E-state index in [2.05, 4.69) is 0 Å². The van der Waals surface area contributed by atoms with Gasteiger partial charge in [-0.25, -0.2) is 4.79 Å². The van der Waals surface area contributed by atoms with Gasteiger partial charge < -0.3 is 10.0 Å². The topological polar surface area (TPSA) is 57.6 Å². The minimum atomic E-state index is -0.964. The van der Waals surface area contributed by atoms with Gasteiger partial charge in [0.05, 0.1) is 0 Å². The molecule has 0 saturated carbocycles. The van der Waals surface area contributed by atoms with Gasteiger partial charge in [0.1, 0.15) is 11.4 Å². The van der Waals surface area contributed by atoms with Gasteiger partial charge in [0.25, 0.3) is 0 Å². The minimum Gasteiger partial charge on any atom is -0.480 e. The highest BCUT2D eigenvalue weighted by Crippen LogP contribution is 2.41. The van der Waals surface area contributed by atoms with Crippen LogP contribution in [-0.4, -0.2) is 33.7 Å². The Morgan fingerprint density at radius 2 is 2.00 bits per heavy atom. The predicted octanol–water partition coefficient (Wildman–Crippen LogP) is 2.39. The molecule has 4 nitrogen and oxygen atoms in total. The highest BCUT2D eigenvalue weighted by atomic mass is 35.5. The molecule has 0 bridgehead atoms. The van der Waals surface area contributed by atoms with Crippen LogP contribution in [0.1, 0.15) is 17.9 Å². The maximum Gasteiger partial charge on any atom is 0.327 e. The number of benzene rings is 1. The van der Waals surface area contributed by atoms with Gasteiger partial charge in [0.2, 0.25) is 5.91 Å². The Morgan fingerprint density at radius 1 is 1.39 bits per heavy atom. The summed E-state index contributed by atoms with van der Waals surface area (Å²) in [6.45, 7) is 1.39. The summed E-state index contributed by atoms with van der Waals surface area (Å²) in [5, 5.41) is 9.48. The van der Waals surface area contributed by atoms with Crippen LogP contribution in [0, 0.1) is 0 Å². The van der Waals surface area contributed by atoms with Gasteiger partial charge in [-0.2, -0.15) is 0 Å². The van der Waals surface area contributed by atoms with Gasteiger partial charge in [-0.05, 0) is 17.7 Å². The Kier molecular flexibility index (Phi) is 3.82. The van der Waals surface area contributed by atoms with Gasteiger partial charge in [-0.1, -0.05) is 23.7 Å². The number of carbonyl (C=O) groups excluding carboxylic acids is 1. The van der Waals surface area contributed by atoms with Gasteiger partial charge >= 0.3 is 5.97 Å². The van der Waals surface area contributed by atoms with E-state index in [4.69, 9.17) is 16.7 Å². The van der Waals surface area contributed by atoms with Crippen LogP contribution in [0.4, 0.5) is 0 Å². The summed E-state index contributed by atoms with van der Waals surface area (Å²) >= 11 is 7.27. The first kappa shape index (κ1) is 13.2. The van der Waals surface area contributed by atoms with Gasteiger partial charge in [0, 0.05) is 17.7 Å². The first-order valence-electron chi connectivity index (χ1n) is 5.39. The standard InChI is InChI=1S/C12H12ClNO3S/c1-7(15)14-10(12(16)17)6-18-11(14)8-2-4-9(13)5-3-8/h2-5,10-11H,6H2,1H3,(H,16,17)/t10-,11-/m1/s1. The van der Waals surface area contributed by atoms with Crippen molar-refractivity contribution in [1.29, 1.82) is 0 Å². The number of halogens is 1. The van der Waals surface area contributed by atoms with Crippen LogP contribution in [0.25, 0.3) is 0 Å². The SMILES string of the molecule is CC(=O)N1[C@@H](C(=O)O)CS[C@@H]1c1ccc(Cl)cc1. The monoisotopic (exact) mass is 285 g/mol. The molecule has 1 aromatic carbocycles. The maximum absolute atomic E-state index is 11.6. The largest absolute Gasteiger partial charge is 0.480 e. The number of carboxylic acid groups (broad SMARTS) is 1. The maximum atomic E-state index is 11.6. The zero-order chi connectivity index (χ0) is 13.3. The molecule has 2 atom stereocenters. The fourth-order valence-corrected chi connectivity index (χ4v) is 3.56. The number of hydrogen-bond acceptors (Lipinski definition) is 3. The number of carbonyl (C=O) groups is 2.